The van der Waals surface area contributed by atoms with Gasteiger partial charge in [-0.1, -0.05) is 6.92 Å². The summed E-state index contributed by atoms with van der Waals surface area (Å²) in [5.41, 5.74) is 1.73. The molecule has 0 unspecified atom stereocenters. The summed E-state index contributed by atoms with van der Waals surface area (Å²) in [6.45, 7) is 2.23. The number of anilines is 2. The molecular weight excluding hydrogens is 416 g/mol. The van der Waals surface area contributed by atoms with Crippen LogP contribution >= 0.6 is 11.3 Å². The van der Waals surface area contributed by atoms with Gasteiger partial charge in [0.2, 0.25) is 0 Å². The molecule has 0 radical (unpaired) electrons. The third kappa shape index (κ3) is 4.08. The van der Waals surface area contributed by atoms with E-state index in [4.69, 9.17) is 0 Å². The maximum absolute atomic E-state index is 12.6. The smallest absolute Gasteiger partial charge is 0.261 e. The van der Waals surface area contributed by atoms with Crippen LogP contribution in [-0.4, -0.2) is 40.1 Å². The molecule has 0 atom stereocenters. The molecule has 8 nitrogen and oxygen atoms in total. The van der Waals surface area contributed by atoms with Gasteiger partial charge in [-0.3, -0.25) is 29.4 Å². The van der Waals surface area contributed by atoms with Gasteiger partial charge in [0, 0.05) is 34.9 Å². The highest BCUT2D eigenvalue weighted by Gasteiger charge is 2.35. The molecule has 1 aromatic heterocycles. The molecule has 0 saturated heterocycles. The summed E-state index contributed by atoms with van der Waals surface area (Å²) in [7, 11) is 0. The quantitative estimate of drug-likeness (QED) is 0.576. The van der Waals surface area contributed by atoms with Crippen LogP contribution in [0.2, 0.25) is 0 Å². The van der Waals surface area contributed by atoms with Gasteiger partial charge in [0.15, 0.2) is 5.13 Å². The van der Waals surface area contributed by atoms with Gasteiger partial charge in [-0.15, -0.1) is 11.3 Å². The Balaban J connectivity index is 1.45. The third-order valence-electron chi connectivity index (χ3n) is 4.74. The molecular formula is C22H18N4O4S. The molecule has 0 saturated carbocycles. The number of nitrogens with zero attached hydrogens (tertiary/aromatic N) is 2. The number of fused-ring (bicyclic) bond motifs is 1. The molecule has 1 aliphatic heterocycles. The van der Waals surface area contributed by atoms with Crippen molar-refractivity contribution < 1.29 is 19.2 Å². The Morgan fingerprint density at radius 3 is 2.29 bits per heavy atom. The van der Waals surface area contributed by atoms with Crippen molar-refractivity contribution in [3.63, 3.8) is 0 Å². The van der Waals surface area contributed by atoms with Crippen LogP contribution in [0, 0.1) is 0 Å². The van der Waals surface area contributed by atoms with E-state index in [-0.39, 0.29) is 28.8 Å². The van der Waals surface area contributed by atoms with E-state index in [0.717, 1.165) is 0 Å². The van der Waals surface area contributed by atoms with Crippen LogP contribution in [0.3, 0.4) is 0 Å². The Morgan fingerprint density at radius 2 is 1.61 bits per heavy atom. The molecule has 2 N–H and O–H groups in total. The van der Waals surface area contributed by atoms with E-state index >= 15 is 0 Å². The maximum Gasteiger partial charge on any atom is 0.261 e. The number of hydrogen-bond donors (Lipinski definition) is 2. The zero-order chi connectivity index (χ0) is 22.0. The molecule has 2 heterocycles. The van der Waals surface area contributed by atoms with Crippen LogP contribution in [0.1, 0.15) is 54.8 Å². The highest BCUT2D eigenvalue weighted by Crippen LogP contribution is 2.25. The summed E-state index contributed by atoms with van der Waals surface area (Å²) in [5.74, 6) is -1.43. The first kappa shape index (κ1) is 20.4. The van der Waals surface area contributed by atoms with E-state index in [0.29, 0.717) is 34.9 Å². The molecule has 0 aliphatic carbocycles. The largest absolute Gasteiger partial charge is 0.322 e. The second-order valence-electron chi connectivity index (χ2n) is 6.85. The zero-order valence-corrected chi connectivity index (χ0v) is 17.4. The van der Waals surface area contributed by atoms with Gasteiger partial charge in [-0.2, -0.15) is 0 Å². The lowest BCUT2D eigenvalue weighted by atomic mass is 10.1. The molecule has 156 valence electrons. The average molecular weight is 434 g/mol. The van der Waals surface area contributed by atoms with Gasteiger partial charge in [-0.25, -0.2) is 4.98 Å². The Morgan fingerprint density at radius 1 is 0.935 bits per heavy atom. The topological polar surface area (TPSA) is 108 Å². The molecule has 0 fully saturated rings. The van der Waals surface area contributed by atoms with Crippen LogP contribution in [0.4, 0.5) is 10.8 Å². The fourth-order valence-corrected chi connectivity index (χ4v) is 3.75. The van der Waals surface area contributed by atoms with Gasteiger partial charge >= 0.3 is 0 Å². The van der Waals surface area contributed by atoms with Gasteiger partial charge in [0.1, 0.15) is 0 Å². The van der Waals surface area contributed by atoms with Gasteiger partial charge in [-0.05, 0) is 48.9 Å². The molecule has 0 bridgehead atoms. The monoisotopic (exact) mass is 434 g/mol. The number of carbonyl (C=O) groups excluding carboxylic acids is 4. The van der Waals surface area contributed by atoms with Crippen molar-refractivity contribution in [3.8, 4) is 0 Å². The van der Waals surface area contributed by atoms with E-state index in [2.05, 4.69) is 15.6 Å². The van der Waals surface area contributed by atoms with Crippen molar-refractivity contribution in [2.24, 2.45) is 0 Å². The molecule has 4 amide bonds. The van der Waals surface area contributed by atoms with Crippen LogP contribution in [-0.2, 0) is 0 Å². The van der Waals surface area contributed by atoms with Gasteiger partial charge in [0.25, 0.3) is 23.6 Å². The number of imide groups is 1. The summed E-state index contributed by atoms with van der Waals surface area (Å²) >= 11 is 1.32. The molecule has 4 rings (SSSR count). The van der Waals surface area contributed by atoms with Crippen molar-refractivity contribution in [2.45, 2.75) is 13.3 Å². The molecule has 0 spiro atoms. The lowest BCUT2D eigenvalue weighted by molar-refractivity contribution is 0.0654. The fraction of sp³-hybridized carbons (Fsp3) is 0.136. The van der Waals surface area contributed by atoms with E-state index < -0.39 is 5.91 Å². The summed E-state index contributed by atoms with van der Waals surface area (Å²) in [6.07, 6.45) is 2.26. The van der Waals surface area contributed by atoms with Crippen LogP contribution in [0.25, 0.3) is 0 Å². The summed E-state index contributed by atoms with van der Waals surface area (Å²) < 4.78 is 0. The number of amides is 4. The lowest BCUT2D eigenvalue weighted by Gasteiger charge is -2.11. The number of nitrogens with one attached hydrogen (secondary N) is 2. The number of rotatable bonds is 6. The second kappa shape index (κ2) is 8.49. The normalized spacial score (nSPS) is 12.6. The number of aromatic nitrogens is 1. The Hall–Kier alpha value is -3.85. The molecule has 9 heteroatoms. The van der Waals surface area contributed by atoms with E-state index in [1.54, 1.807) is 35.8 Å². The SMILES string of the molecule is CCCN1C(=O)c2ccc(C(=O)Nc3ccc(C(=O)Nc4nccs4)cc3)cc2C1=O. The Labute approximate surface area is 181 Å². The van der Waals surface area contributed by atoms with Crippen LogP contribution in [0.15, 0.2) is 54.0 Å². The predicted octanol–water partition coefficient (Wildman–Crippen LogP) is 3.65. The number of thiazole rings is 1. The van der Waals surface area contributed by atoms with Crippen molar-refractivity contribution in [1.29, 1.82) is 0 Å². The molecule has 1 aliphatic rings. The van der Waals surface area contributed by atoms with Crippen molar-refractivity contribution in [3.05, 3.63) is 76.3 Å². The van der Waals surface area contributed by atoms with Crippen molar-refractivity contribution in [2.75, 3.05) is 17.2 Å². The van der Waals surface area contributed by atoms with Crippen LogP contribution in [0.5, 0.6) is 0 Å². The summed E-state index contributed by atoms with van der Waals surface area (Å²) in [5, 5.41) is 7.68. The highest BCUT2D eigenvalue weighted by molar-refractivity contribution is 7.13. The summed E-state index contributed by atoms with van der Waals surface area (Å²) in [6, 6.07) is 10.9. The lowest BCUT2D eigenvalue weighted by Crippen LogP contribution is -2.30. The predicted molar refractivity (Wildman–Crippen MR) is 117 cm³/mol. The minimum Gasteiger partial charge on any atom is -0.322 e. The number of benzene rings is 2. The summed E-state index contributed by atoms with van der Waals surface area (Å²) in [4.78, 5) is 54.8. The maximum atomic E-state index is 12.6. The number of hydrogen-bond acceptors (Lipinski definition) is 6. The zero-order valence-electron chi connectivity index (χ0n) is 16.5. The second-order valence-corrected chi connectivity index (χ2v) is 7.74. The fourth-order valence-electron chi connectivity index (χ4n) is 3.22. The minimum absolute atomic E-state index is 0.236. The third-order valence-corrected chi connectivity index (χ3v) is 5.43. The van der Waals surface area contributed by atoms with Gasteiger partial charge < -0.3 is 5.32 Å². The molecule has 31 heavy (non-hydrogen) atoms. The van der Waals surface area contributed by atoms with Crippen LogP contribution < -0.4 is 10.6 Å². The van der Waals surface area contributed by atoms with E-state index in [1.165, 1.54) is 34.4 Å². The number of carbonyl (C=O) groups is 4. The average Bonchev–Trinajstić information content (AvgIpc) is 3.37. The highest BCUT2D eigenvalue weighted by atomic mass is 32.1. The van der Waals surface area contributed by atoms with Crippen molar-refractivity contribution in [1.82, 2.24) is 9.88 Å². The molecule has 3 aromatic rings. The standard InChI is InChI=1S/C22H18N4O4S/c1-2-10-26-20(29)16-8-5-14(12-17(16)21(26)30)19(28)24-15-6-3-13(4-7-15)18(27)25-22-23-9-11-31-22/h3-9,11-12H,2,10H2,1H3,(H,24,28)(H,23,25,27). The minimum atomic E-state index is -0.419. The first-order valence-corrected chi connectivity index (χ1v) is 10.5. The first-order chi connectivity index (χ1) is 15.0. The van der Waals surface area contributed by atoms with E-state index in [1.807, 2.05) is 6.92 Å². The Kier molecular flexibility index (Phi) is 5.59. The van der Waals surface area contributed by atoms with Gasteiger partial charge in [0.05, 0.1) is 11.1 Å². The van der Waals surface area contributed by atoms with E-state index in [9.17, 15) is 19.2 Å². The molecule has 2 aromatic carbocycles. The first-order valence-electron chi connectivity index (χ1n) is 9.60. The van der Waals surface area contributed by atoms with Crippen molar-refractivity contribution >= 4 is 45.8 Å². The Bertz CT molecular complexity index is 1170.